The molecule has 7 heteroatoms. The SMILES string of the molecule is CCOC(=O)c1c(C)n(CC(O)CNC(C)C)c2cc(Br)c(OC)cc12. The summed E-state index contributed by atoms with van der Waals surface area (Å²) < 4.78 is 13.4. The van der Waals surface area contributed by atoms with Gasteiger partial charge in [-0.05, 0) is 41.9 Å². The number of carbonyl (C=O) groups excluding carboxylic acids is 1. The number of aromatic nitrogens is 1. The number of hydrogen-bond acceptors (Lipinski definition) is 5. The monoisotopic (exact) mass is 426 g/mol. The molecule has 0 saturated heterocycles. The van der Waals surface area contributed by atoms with Gasteiger partial charge in [0.15, 0.2) is 0 Å². The fourth-order valence-corrected chi connectivity index (χ4v) is 3.47. The van der Waals surface area contributed by atoms with Crippen molar-refractivity contribution in [2.45, 2.75) is 46.4 Å². The Morgan fingerprint density at radius 1 is 1.38 bits per heavy atom. The van der Waals surface area contributed by atoms with Crippen LogP contribution in [0.2, 0.25) is 0 Å². The zero-order chi connectivity index (χ0) is 19.4. The topological polar surface area (TPSA) is 72.7 Å². The Labute approximate surface area is 162 Å². The van der Waals surface area contributed by atoms with Gasteiger partial charge in [0.05, 0.1) is 41.9 Å². The molecule has 1 unspecified atom stereocenters. The second kappa shape index (κ2) is 8.88. The predicted octanol–water partition coefficient (Wildman–Crippen LogP) is 3.26. The van der Waals surface area contributed by atoms with Crippen LogP contribution in [0.25, 0.3) is 10.9 Å². The van der Waals surface area contributed by atoms with Gasteiger partial charge in [0.1, 0.15) is 5.75 Å². The number of nitrogens with one attached hydrogen (secondary N) is 1. The lowest BCUT2D eigenvalue weighted by molar-refractivity contribution is 0.0527. The number of halogens is 1. The normalized spacial score (nSPS) is 12.6. The van der Waals surface area contributed by atoms with Crippen LogP contribution >= 0.6 is 15.9 Å². The second-order valence-corrected chi connectivity index (χ2v) is 7.37. The molecule has 6 nitrogen and oxygen atoms in total. The summed E-state index contributed by atoms with van der Waals surface area (Å²) in [6.45, 7) is 8.87. The molecule has 144 valence electrons. The van der Waals surface area contributed by atoms with Gasteiger partial charge in [0.2, 0.25) is 0 Å². The van der Waals surface area contributed by atoms with E-state index in [1.165, 1.54) is 0 Å². The molecule has 0 spiro atoms. The lowest BCUT2D eigenvalue weighted by Gasteiger charge is -2.17. The third-order valence-corrected chi connectivity index (χ3v) is 4.85. The molecule has 0 aliphatic heterocycles. The maximum absolute atomic E-state index is 12.5. The molecule has 0 radical (unpaired) electrons. The highest BCUT2D eigenvalue weighted by atomic mass is 79.9. The van der Waals surface area contributed by atoms with Gasteiger partial charge < -0.3 is 24.5 Å². The molecular weight excluding hydrogens is 400 g/mol. The fraction of sp³-hybridized carbons (Fsp3) is 0.526. The van der Waals surface area contributed by atoms with Crippen molar-refractivity contribution in [1.29, 1.82) is 0 Å². The van der Waals surface area contributed by atoms with Crippen molar-refractivity contribution < 1.29 is 19.4 Å². The van der Waals surface area contributed by atoms with E-state index in [-0.39, 0.29) is 5.97 Å². The van der Waals surface area contributed by atoms with E-state index in [0.29, 0.717) is 37.1 Å². The van der Waals surface area contributed by atoms with Crippen LogP contribution in [0.3, 0.4) is 0 Å². The molecule has 0 aliphatic rings. The number of fused-ring (bicyclic) bond motifs is 1. The van der Waals surface area contributed by atoms with E-state index in [4.69, 9.17) is 9.47 Å². The van der Waals surface area contributed by atoms with E-state index >= 15 is 0 Å². The van der Waals surface area contributed by atoms with E-state index in [2.05, 4.69) is 21.2 Å². The molecule has 0 fully saturated rings. The first-order valence-corrected chi connectivity index (χ1v) is 9.54. The summed E-state index contributed by atoms with van der Waals surface area (Å²) in [7, 11) is 1.58. The molecule has 1 heterocycles. The Morgan fingerprint density at radius 2 is 2.08 bits per heavy atom. The van der Waals surface area contributed by atoms with Gasteiger partial charge in [0.25, 0.3) is 0 Å². The molecule has 1 atom stereocenters. The van der Waals surface area contributed by atoms with Gasteiger partial charge in [-0.25, -0.2) is 4.79 Å². The molecular formula is C19H27BrN2O4. The number of aliphatic hydroxyl groups is 1. The first-order valence-electron chi connectivity index (χ1n) is 8.75. The molecule has 0 amide bonds. The van der Waals surface area contributed by atoms with Crippen molar-refractivity contribution in [2.75, 3.05) is 20.3 Å². The molecule has 2 N–H and O–H groups in total. The average molecular weight is 427 g/mol. The van der Waals surface area contributed by atoms with Crippen LogP contribution < -0.4 is 10.1 Å². The summed E-state index contributed by atoms with van der Waals surface area (Å²) in [4.78, 5) is 12.5. The number of benzene rings is 1. The number of methoxy groups -OCH3 is 1. The van der Waals surface area contributed by atoms with E-state index in [0.717, 1.165) is 21.1 Å². The van der Waals surface area contributed by atoms with E-state index in [9.17, 15) is 9.90 Å². The first kappa shape index (κ1) is 20.7. The molecule has 0 saturated carbocycles. The van der Waals surface area contributed by atoms with Gasteiger partial charge in [-0.2, -0.15) is 0 Å². The van der Waals surface area contributed by atoms with Crippen molar-refractivity contribution in [3.05, 3.63) is 27.9 Å². The molecule has 0 bridgehead atoms. The molecule has 1 aromatic heterocycles. The highest BCUT2D eigenvalue weighted by Crippen LogP contribution is 2.35. The van der Waals surface area contributed by atoms with Gasteiger partial charge in [-0.1, -0.05) is 13.8 Å². The maximum atomic E-state index is 12.5. The van der Waals surface area contributed by atoms with Crippen molar-refractivity contribution in [1.82, 2.24) is 9.88 Å². The summed E-state index contributed by atoms with van der Waals surface area (Å²) in [5, 5.41) is 14.4. The molecule has 1 aromatic carbocycles. The van der Waals surface area contributed by atoms with Crippen molar-refractivity contribution >= 4 is 32.8 Å². The van der Waals surface area contributed by atoms with Crippen molar-refractivity contribution in [2.24, 2.45) is 0 Å². The van der Waals surface area contributed by atoms with E-state index in [1.807, 2.05) is 37.5 Å². The van der Waals surface area contributed by atoms with Crippen LogP contribution in [-0.2, 0) is 11.3 Å². The fourth-order valence-electron chi connectivity index (χ4n) is 2.98. The van der Waals surface area contributed by atoms with E-state index in [1.54, 1.807) is 14.0 Å². The number of ether oxygens (including phenoxy) is 2. The van der Waals surface area contributed by atoms with Crippen LogP contribution in [0.15, 0.2) is 16.6 Å². The Kier molecular flexibility index (Phi) is 7.08. The summed E-state index contributed by atoms with van der Waals surface area (Å²) in [6, 6.07) is 4.03. The van der Waals surface area contributed by atoms with Gasteiger partial charge in [-0.15, -0.1) is 0 Å². The summed E-state index contributed by atoms with van der Waals surface area (Å²) in [5.74, 6) is 0.273. The van der Waals surface area contributed by atoms with Crippen LogP contribution in [-0.4, -0.2) is 48.1 Å². The quantitative estimate of drug-likeness (QED) is 0.633. The predicted molar refractivity (Wildman–Crippen MR) is 106 cm³/mol. The average Bonchev–Trinajstić information content (AvgIpc) is 2.84. The minimum absolute atomic E-state index is 0.292. The molecule has 2 aromatic rings. The van der Waals surface area contributed by atoms with Crippen LogP contribution in [0.1, 0.15) is 36.8 Å². The summed E-state index contributed by atoms with van der Waals surface area (Å²) in [5.41, 5.74) is 2.13. The minimum atomic E-state index is -0.581. The van der Waals surface area contributed by atoms with Crippen molar-refractivity contribution in [3.63, 3.8) is 0 Å². The zero-order valence-electron chi connectivity index (χ0n) is 15.9. The Hall–Kier alpha value is -1.57. The number of carbonyl (C=O) groups is 1. The van der Waals surface area contributed by atoms with Crippen LogP contribution in [0.4, 0.5) is 0 Å². The van der Waals surface area contributed by atoms with Gasteiger partial charge in [0, 0.05) is 23.7 Å². The smallest absolute Gasteiger partial charge is 0.340 e. The van der Waals surface area contributed by atoms with E-state index < -0.39 is 6.10 Å². The highest BCUT2D eigenvalue weighted by molar-refractivity contribution is 9.10. The zero-order valence-corrected chi connectivity index (χ0v) is 17.5. The Bertz CT molecular complexity index is 786. The first-order chi connectivity index (χ1) is 12.3. The lowest BCUT2D eigenvalue weighted by atomic mass is 10.1. The number of hydrogen-bond donors (Lipinski definition) is 2. The van der Waals surface area contributed by atoms with Crippen LogP contribution in [0.5, 0.6) is 5.75 Å². The molecule has 0 aliphatic carbocycles. The third kappa shape index (κ3) is 4.39. The maximum Gasteiger partial charge on any atom is 0.340 e. The largest absolute Gasteiger partial charge is 0.496 e. The summed E-state index contributed by atoms with van der Waals surface area (Å²) in [6.07, 6.45) is -0.581. The van der Waals surface area contributed by atoms with Gasteiger partial charge >= 0.3 is 5.97 Å². The molecule has 26 heavy (non-hydrogen) atoms. The number of nitrogens with zero attached hydrogens (tertiary/aromatic N) is 1. The number of aliphatic hydroxyl groups excluding tert-OH is 1. The highest BCUT2D eigenvalue weighted by Gasteiger charge is 2.23. The number of esters is 1. The standard InChI is InChI=1S/C19H27BrN2O4/c1-6-26-19(24)18-12(4)22(10-13(23)9-21-11(2)3)16-8-15(20)17(25-5)7-14(16)18/h7-8,11,13,21,23H,6,9-10H2,1-5H3. The number of rotatable bonds is 8. The van der Waals surface area contributed by atoms with Gasteiger partial charge in [-0.3, -0.25) is 0 Å². The third-order valence-electron chi connectivity index (χ3n) is 4.23. The Balaban J connectivity index is 2.53. The minimum Gasteiger partial charge on any atom is -0.496 e. The Morgan fingerprint density at radius 3 is 2.65 bits per heavy atom. The molecule has 2 rings (SSSR count). The van der Waals surface area contributed by atoms with Crippen molar-refractivity contribution in [3.8, 4) is 5.75 Å². The second-order valence-electron chi connectivity index (χ2n) is 6.51. The summed E-state index contributed by atoms with van der Waals surface area (Å²) >= 11 is 3.50. The van der Waals surface area contributed by atoms with Crippen LogP contribution in [0, 0.1) is 6.92 Å². The lowest BCUT2D eigenvalue weighted by Crippen LogP contribution is -2.34.